The van der Waals surface area contributed by atoms with Gasteiger partial charge in [-0.05, 0) is 42.4 Å². The molecule has 0 aliphatic heterocycles. The maximum atomic E-state index is 10.8. The fourth-order valence-electron chi connectivity index (χ4n) is 3.74. The van der Waals surface area contributed by atoms with E-state index in [0.29, 0.717) is 17.6 Å². The van der Waals surface area contributed by atoms with Gasteiger partial charge in [-0.1, -0.05) is 127 Å². The second kappa shape index (κ2) is 28.0. The molecule has 1 N–H and O–H groups in total. The number of para-hydroxylation sites is 1. The van der Waals surface area contributed by atoms with Crippen LogP contribution in [0.4, 0.5) is 5.69 Å². The largest absolute Gasteiger partial charge is 0.462 e. The number of ether oxygens (including phenoxy) is 1. The van der Waals surface area contributed by atoms with Crippen molar-refractivity contribution in [2.45, 2.75) is 120 Å². The van der Waals surface area contributed by atoms with Crippen molar-refractivity contribution in [3.63, 3.8) is 0 Å². The Hall–Kier alpha value is -1.51. The second-order valence-corrected chi connectivity index (χ2v) is 11.6. The molecule has 0 saturated heterocycles. The van der Waals surface area contributed by atoms with Gasteiger partial charge in [0.25, 0.3) is 0 Å². The van der Waals surface area contributed by atoms with Gasteiger partial charge in [-0.25, -0.2) is 4.79 Å². The van der Waals surface area contributed by atoms with Crippen LogP contribution in [0.25, 0.3) is 0 Å². The van der Waals surface area contributed by atoms with E-state index in [1.165, 1.54) is 100 Å². The minimum atomic E-state index is -0.310. The summed E-state index contributed by atoms with van der Waals surface area (Å²) in [6.45, 7) is 11.6. The predicted octanol–water partition coefficient (Wildman–Crippen LogP) is 10.1. The Kier molecular flexibility index (Phi) is 26.9. The van der Waals surface area contributed by atoms with E-state index in [1.54, 1.807) is 0 Å². The van der Waals surface area contributed by atoms with Crippen molar-refractivity contribution >= 4 is 48.4 Å². The molecule has 1 heterocycles. The van der Waals surface area contributed by atoms with Gasteiger partial charge >= 0.3 is 5.97 Å². The Morgan fingerprint density at radius 1 is 0.949 bits per heavy atom. The lowest BCUT2D eigenvalue weighted by Gasteiger charge is -2.13. The molecule has 39 heavy (non-hydrogen) atoms. The van der Waals surface area contributed by atoms with Crippen LogP contribution in [0, 0.1) is 5.92 Å². The molecule has 0 fully saturated rings. The number of hydrogen-bond donors (Lipinski definition) is 3. The summed E-state index contributed by atoms with van der Waals surface area (Å²) < 4.78 is 9.31. The molecule has 0 saturated carbocycles. The van der Waals surface area contributed by atoms with E-state index in [-0.39, 0.29) is 5.97 Å². The molecule has 1 atom stereocenters. The lowest BCUT2D eigenvalue weighted by molar-refractivity contribution is -0.139. The minimum absolute atomic E-state index is 0.310. The quantitative estimate of drug-likeness (QED) is 0.0653. The number of carbonyl (C=O) groups excluding carboxylic acids is 1. The molecule has 0 aliphatic rings. The van der Waals surface area contributed by atoms with Crippen LogP contribution in [-0.4, -0.2) is 28.7 Å². The normalized spacial score (nSPS) is 10.9. The highest BCUT2D eigenvalue weighted by Gasteiger charge is 2.07. The number of aromatic nitrogens is 2. The number of nitrogens with zero attached hydrogens (tertiary/aromatic N) is 2. The number of thiol groups is 2. The van der Waals surface area contributed by atoms with Gasteiger partial charge in [-0.3, -0.25) is 0 Å². The molecule has 222 valence electrons. The van der Waals surface area contributed by atoms with Crippen molar-refractivity contribution in [2.24, 2.45) is 5.92 Å². The maximum absolute atomic E-state index is 10.8. The van der Waals surface area contributed by atoms with Crippen molar-refractivity contribution in [3.8, 4) is 0 Å². The summed E-state index contributed by atoms with van der Waals surface area (Å²) in [4.78, 5) is 10.8. The number of hydrogen-bond acceptors (Lipinski definition) is 8. The fraction of sp³-hybridized carbons (Fsp3) is 0.645. The third-order valence-electron chi connectivity index (χ3n) is 6.26. The predicted molar refractivity (Wildman–Crippen MR) is 176 cm³/mol. The van der Waals surface area contributed by atoms with Crippen molar-refractivity contribution in [2.75, 3.05) is 18.5 Å². The standard InChI is InChI=1S/C18H31N.C11H20O2.C2H2N2S3/c1-2-3-4-5-6-7-8-9-10-14-17-19-18-15-12-11-13-16-18;1-4-7-8-10(5-2)9-13-11(12)6-3;5-1-2(6)7-4-3-1/h11-13,15-16,19H,2-10,14,17H2,1H3;6,10H,3-5,7-9H2,1-2H3;5-6H. The average molecular weight is 596 g/mol. The van der Waals surface area contributed by atoms with E-state index in [1.807, 2.05) is 0 Å². The SMILES string of the molecule is C=CC(=O)OCC(CC)CCCC.CCCCCCCCCCCCNc1ccccc1.Sc1nnsc1S. The van der Waals surface area contributed by atoms with Crippen molar-refractivity contribution in [1.82, 2.24) is 9.59 Å². The average Bonchev–Trinajstić information content (AvgIpc) is 3.34. The number of nitrogens with one attached hydrogen (secondary N) is 1. The van der Waals surface area contributed by atoms with E-state index in [9.17, 15) is 4.79 Å². The Balaban J connectivity index is 0.000000620. The lowest BCUT2D eigenvalue weighted by atomic mass is 10.0. The van der Waals surface area contributed by atoms with E-state index < -0.39 is 0 Å². The zero-order valence-electron chi connectivity index (χ0n) is 24.6. The van der Waals surface area contributed by atoms with Crippen LogP contribution < -0.4 is 5.32 Å². The number of rotatable bonds is 19. The zero-order chi connectivity index (χ0) is 29.0. The molecule has 2 rings (SSSR count). The Labute approximate surface area is 254 Å². The fourth-order valence-corrected chi connectivity index (χ4v) is 4.44. The molecule has 0 bridgehead atoms. The van der Waals surface area contributed by atoms with Gasteiger partial charge < -0.3 is 10.1 Å². The summed E-state index contributed by atoms with van der Waals surface area (Å²) >= 11 is 9.11. The summed E-state index contributed by atoms with van der Waals surface area (Å²) in [5.74, 6) is 0.207. The molecular weight excluding hydrogens is 543 g/mol. The van der Waals surface area contributed by atoms with E-state index in [0.717, 1.165) is 23.6 Å². The van der Waals surface area contributed by atoms with Crippen LogP contribution in [0.2, 0.25) is 0 Å². The highest BCUT2D eigenvalue weighted by Crippen LogP contribution is 2.17. The minimum Gasteiger partial charge on any atom is -0.462 e. The summed E-state index contributed by atoms with van der Waals surface area (Å²) in [7, 11) is 0. The van der Waals surface area contributed by atoms with E-state index >= 15 is 0 Å². The first-order chi connectivity index (χ1) is 19.0. The smallest absolute Gasteiger partial charge is 0.330 e. The highest BCUT2D eigenvalue weighted by molar-refractivity contribution is 7.85. The van der Waals surface area contributed by atoms with Gasteiger partial charge in [0.1, 0.15) is 9.24 Å². The van der Waals surface area contributed by atoms with Crippen LogP contribution in [0.3, 0.4) is 0 Å². The molecule has 8 heteroatoms. The van der Waals surface area contributed by atoms with Crippen molar-refractivity contribution in [3.05, 3.63) is 43.0 Å². The monoisotopic (exact) mass is 595 g/mol. The molecule has 1 aromatic heterocycles. The highest BCUT2D eigenvalue weighted by atomic mass is 32.2. The van der Waals surface area contributed by atoms with Crippen molar-refractivity contribution < 1.29 is 9.53 Å². The first-order valence-corrected chi connectivity index (χ1v) is 16.4. The number of benzene rings is 1. The van der Waals surface area contributed by atoms with Crippen LogP contribution in [0.15, 0.2) is 52.2 Å². The molecule has 5 nitrogen and oxygen atoms in total. The van der Waals surface area contributed by atoms with Gasteiger partial charge in [-0.2, -0.15) is 0 Å². The number of esters is 1. The van der Waals surface area contributed by atoms with Gasteiger partial charge in [0.2, 0.25) is 0 Å². The second-order valence-electron chi connectivity index (χ2n) is 9.63. The van der Waals surface area contributed by atoms with Crippen LogP contribution in [0.1, 0.15) is 111 Å². The zero-order valence-corrected chi connectivity index (χ0v) is 27.2. The van der Waals surface area contributed by atoms with Crippen LogP contribution in [0.5, 0.6) is 0 Å². The Morgan fingerprint density at radius 2 is 1.54 bits per heavy atom. The first kappa shape index (κ1) is 37.5. The molecule has 0 radical (unpaired) electrons. The van der Waals surface area contributed by atoms with Crippen molar-refractivity contribution in [1.29, 1.82) is 0 Å². The molecular formula is C31H53N3O2S3. The van der Waals surface area contributed by atoms with E-state index in [4.69, 9.17) is 4.74 Å². The maximum Gasteiger partial charge on any atom is 0.330 e. The van der Waals surface area contributed by atoms with Gasteiger partial charge in [-0.15, -0.1) is 30.4 Å². The van der Waals surface area contributed by atoms with Gasteiger partial charge in [0.05, 0.1) is 6.61 Å². The molecule has 1 aromatic carbocycles. The number of unbranched alkanes of at least 4 members (excludes halogenated alkanes) is 10. The molecule has 0 spiro atoms. The Morgan fingerprint density at radius 3 is 2.00 bits per heavy atom. The molecule has 0 aliphatic carbocycles. The summed E-state index contributed by atoms with van der Waals surface area (Å²) in [6.07, 6.45) is 19.9. The van der Waals surface area contributed by atoms with Gasteiger partial charge in [0.15, 0.2) is 0 Å². The molecule has 2 aromatic rings. The third kappa shape index (κ3) is 24.0. The molecule has 1 unspecified atom stereocenters. The van der Waals surface area contributed by atoms with Crippen LogP contribution >= 0.6 is 36.8 Å². The van der Waals surface area contributed by atoms with E-state index in [2.05, 4.69) is 97.8 Å². The summed E-state index contributed by atoms with van der Waals surface area (Å²) in [5, 5.41) is 7.65. The van der Waals surface area contributed by atoms with Gasteiger partial charge in [0, 0.05) is 18.3 Å². The number of carbonyl (C=O) groups is 1. The summed E-state index contributed by atoms with van der Waals surface area (Å²) in [6, 6.07) is 10.5. The topological polar surface area (TPSA) is 64.1 Å². The van der Waals surface area contributed by atoms with Crippen LogP contribution in [-0.2, 0) is 9.53 Å². The third-order valence-corrected chi connectivity index (χ3v) is 7.89. The molecule has 0 amide bonds. The summed E-state index contributed by atoms with van der Waals surface area (Å²) in [5.41, 5.74) is 1.25. The number of anilines is 1. The lowest BCUT2D eigenvalue weighted by Crippen LogP contribution is -2.12. The Bertz CT molecular complexity index is 802. The first-order valence-electron chi connectivity index (χ1n) is 14.8.